The number of carbonyl (C=O) groups excluding carboxylic acids is 1. The molecule has 156 valence electrons. The molecule has 31 heavy (non-hydrogen) atoms. The molecule has 0 aliphatic carbocycles. The van der Waals surface area contributed by atoms with Crippen LogP contribution < -0.4 is 10.9 Å². The number of nitrogens with one attached hydrogen (secondary N) is 1. The molecule has 1 amide bonds. The standard InChI is InChI=1S/C22H17F2N5O2/c1-13-2-4-15(5-3-13)20-26-10-18-21(28-20)27-12-29(22(18)31)11-19(30)25-9-14-6-16(23)8-17(24)7-14/h2-8,10,12H,9,11H2,1H3,(H,25,30). The van der Waals surface area contributed by atoms with Crippen molar-refractivity contribution in [3.05, 3.63) is 88.1 Å². The van der Waals surface area contributed by atoms with Crippen molar-refractivity contribution in [1.29, 1.82) is 0 Å². The Kier molecular flexibility index (Phi) is 5.48. The van der Waals surface area contributed by atoms with Gasteiger partial charge in [0.2, 0.25) is 5.91 Å². The topological polar surface area (TPSA) is 89.8 Å². The lowest BCUT2D eigenvalue weighted by molar-refractivity contribution is -0.121. The second-order valence-corrected chi connectivity index (χ2v) is 7.03. The molecule has 0 aliphatic heterocycles. The Balaban J connectivity index is 1.51. The summed E-state index contributed by atoms with van der Waals surface area (Å²) in [4.78, 5) is 37.6. The Hall–Kier alpha value is -4.01. The number of amides is 1. The minimum Gasteiger partial charge on any atom is -0.350 e. The average molecular weight is 421 g/mol. The molecule has 1 N–H and O–H groups in total. The Morgan fingerprint density at radius 3 is 2.48 bits per heavy atom. The summed E-state index contributed by atoms with van der Waals surface area (Å²) in [5.41, 5.74) is 1.93. The van der Waals surface area contributed by atoms with Crippen molar-refractivity contribution in [2.24, 2.45) is 0 Å². The fraction of sp³-hybridized carbons (Fsp3) is 0.136. The molecular formula is C22H17F2N5O2. The van der Waals surface area contributed by atoms with Gasteiger partial charge in [0.05, 0.1) is 0 Å². The molecule has 0 radical (unpaired) electrons. The molecule has 2 aromatic carbocycles. The van der Waals surface area contributed by atoms with Gasteiger partial charge < -0.3 is 5.32 Å². The lowest BCUT2D eigenvalue weighted by atomic mass is 10.1. The van der Waals surface area contributed by atoms with Gasteiger partial charge in [0.25, 0.3) is 5.56 Å². The molecule has 7 nitrogen and oxygen atoms in total. The first-order chi connectivity index (χ1) is 14.9. The Morgan fingerprint density at radius 2 is 1.77 bits per heavy atom. The molecule has 0 aliphatic rings. The first kappa shape index (κ1) is 20.3. The number of aryl methyl sites for hydroxylation is 1. The van der Waals surface area contributed by atoms with Gasteiger partial charge in [0, 0.05) is 24.4 Å². The molecule has 0 saturated carbocycles. The molecule has 0 unspecified atom stereocenters. The second-order valence-electron chi connectivity index (χ2n) is 7.03. The molecule has 9 heteroatoms. The number of carbonyl (C=O) groups is 1. The van der Waals surface area contributed by atoms with Crippen molar-refractivity contribution >= 4 is 16.9 Å². The minimum atomic E-state index is -0.732. The highest BCUT2D eigenvalue weighted by atomic mass is 19.1. The molecule has 4 aromatic rings. The third kappa shape index (κ3) is 4.61. The zero-order chi connectivity index (χ0) is 22.0. The van der Waals surface area contributed by atoms with Gasteiger partial charge >= 0.3 is 0 Å². The maximum absolute atomic E-state index is 13.2. The summed E-state index contributed by atoms with van der Waals surface area (Å²) in [6.45, 7) is 1.59. The maximum Gasteiger partial charge on any atom is 0.264 e. The Bertz CT molecular complexity index is 1320. The fourth-order valence-corrected chi connectivity index (χ4v) is 3.03. The maximum atomic E-state index is 13.2. The first-order valence-electron chi connectivity index (χ1n) is 9.40. The average Bonchev–Trinajstić information content (AvgIpc) is 2.74. The van der Waals surface area contributed by atoms with E-state index in [9.17, 15) is 18.4 Å². The molecule has 0 spiro atoms. The largest absolute Gasteiger partial charge is 0.350 e. The van der Waals surface area contributed by atoms with E-state index < -0.39 is 23.1 Å². The summed E-state index contributed by atoms with van der Waals surface area (Å²) in [7, 11) is 0. The number of rotatable bonds is 5. The van der Waals surface area contributed by atoms with Crippen molar-refractivity contribution in [2.45, 2.75) is 20.0 Å². The number of hydrogen-bond donors (Lipinski definition) is 1. The number of fused-ring (bicyclic) bond motifs is 1. The summed E-state index contributed by atoms with van der Waals surface area (Å²) in [6.07, 6.45) is 2.62. The van der Waals surface area contributed by atoms with Crippen molar-refractivity contribution in [3.63, 3.8) is 0 Å². The van der Waals surface area contributed by atoms with E-state index in [1.165, 1.54) is 12.5 Å². The number of benzene rings is 2. The van der Waals surface area contributed by atoms with Crippen LogP contribution in [0.4, 0.5) is 8.78 Å². The third-order valence-corrected chi connectivity index (χ3v) is 4.62. The van der Waals surface area contributed by atoms with Crippen LogP contribution in [0, 0.1) is 18.6 Å². The van der Waals surface area contributed by atoms with Gasteiger partial charge in [-0.3, -0.25) is 14.2 Å². The van der Waals surface area contributed by atoms with Crippen molar-refractivity contribution in [3.8, 4) is 11.4 Å². The number of nitrogens with zero attached hydrogens (tertiary/aromatic N) is 4. The van der Waals surface area contributed by atoms with Gasteiger partial charge in [-0.05, 0) is 24.6 Å². The zero-order valence-corrected chi connectivity index (χ0v) is 16.5. The van der Waals surface area contributed by atoms with Gasteiger partial charge in [-0.25, -0.2) is 23.7 Å². The van der Waals surface area contributed by atoms with Crippen LogP contribution in [0.2, 0.25) is 0 Å². The monoisotopic (exact) mass is 421 g/mol. The fourth-order valence-electron chi connectivity index (χ4n) is 3.03. The van der Waals surface area contributed by atoms with Crippen molar-refractivity contribution < 1.29 is 13.6 Å². The quantitative estimate of drug-likeness (QED) is 0.535. The number of halogens is 2. The van der Waals surface area contributed by atoms with Crippen LogP contribution >= 0.6 is 0 Å². The lowest BCUT2D eigenvalue weighted by Crippen LogP contribution is -2.32. The van der Waals surface area contributed by atoms with E-state index >= 15 is 0 Å². The summed E-state index contributed by atoms with van der Waals surface area (Å²) in [6, 6.07) is 10.6. The third-order valence-electron chi connectivity index (χ3n) is 4.62. The summed E-state index contributed by atoms with van der Waals surface area (Å²) < 4.78 is 27.6. The highest BCUT2D eigenvalue weighted by Crippen LogP contribution is 2.16. The van der Waals surface area contributed by atoms with Crippen LogP contribution in [0.1, 0.15) is 11.1 Å². The molecule has 4 rings (SSSR count). The normalized spacial score (nSPS) is 10.9. The van der Waals surface area contributed by atoms with Gasteiger partial charge in [-0.1, -0.05) is 29.8 Å². The smallest absolute Gasteiger partial charge is 0.264 e. The van der Waals surface area contributed by atoms with Crippen molar-refractivity contribution in [2.75, 3.05) is 0 Å². The SMILES string of the molecule is Cc1ccc(-c2ncc3c(=O)n(CC(=O)NCc4cc(F)cc(F)c4)cnc3n2)cc1. The summed E-state index contributed by atoms with van der Waals surface area (Å²) in [5, 5.41) is 2.70. The van der Waals surface area contributed by atoms with E-state index in [-0.39, 0.29) is 29.7 Å². The molecule has 0 saturated heterocycles. The predicted octanol–water partition coefficient (Wildman–Crippen LogP) is 2.76. The van der Waals surface area contributed by atoms with Gasteiger partial charge in [-0.2, -0.15) is 0 Å². The molecule has 0 fully saturated rings. The van der Waals surface area contributed by atoms with Crippen LogP contribution in [0.25, 0.3) is 22.4 Å². The van der Waals surface area contributed by atoms with Gasteiger partial charge in [-0.15, -0.1) is 0 Å². The van der Waals surface area contributed by atoms with Crippen LogP contribution in [0.5, 0.6) is 0 Å². The summed E-state index contributed by atoms with van der Waals surface area (Å²) >= 11 is 0. The van der Waals surface area contributed by atoms with Crippen LogP contribution in [-0.4, -0.2) is 25.4 Å². The predicted molar refractivity (Wildman–Crippen MR) is 110 cm³/mol. The Labute approximate surface area is 175 Å². The highest BCUT2D eigenvalue weighted by molar-refractivity contribution is 5.77. The van der Waals surface area contributed by atoms with Gasteiger partial charge in [0.1, 0.15) is 29.9 Å². The molecular weight excluding hydrogens is 404 g/mol. The summed E-state index contributed by atoms with van der Waals surface area (Å²) in [5.74, 6) is -1.53. The Morgan fingerprint density at radius 1 is 1.06 bits per heavy atom. The number of hydrogen-bond acceptors (Lipinski definition) is 5. The molecule has 0 bridgehead atoms. The van der Waals surface area contributed by atoms with Crippen LogP contribution in [0.15, 0.2) is 59.8 Å². The first-order valence-corrected chi connectivity index (χ1v) is 9.40. The van der Waals surface area contributed by atoms with Gasteiger partial charge in [0.15, 0.2) is 11.5 Å². The van der Waals surface area contributed by atoms with Crippen molar-refractivity contribution in [1.82, 2.24) is 24.8 Å². The molecule has 2 heterocycles. The second kappa shape index (κ2) is 8.39. The van der Waals surface area contributed by atoms with Crippen LogP contribution in [-0.2, 0) is 17.9 Å². The van der Waals surface area contributed by atoms with E-state index in [1.807, 2.05) is 31.2 Å². The molecule has 0 atom stereocenters. The number of aromatic nitrogens is 4. The van der Waals surface area contributed by atoms with E-state index in [2.05, 4.69) is 20.3 Å². The van der Waals surface area contributed by atoms with E-state index in [1.54, 1.807) is 0 Å². The minimum absolute atomic E-state index is 0.0771. The zero-order valence-electron chi connectivity index (χ0n) is 16.5. The van der Waals surface area contributed by atoms with Crippen LogP contribution in [0.3, 0.4) is 0 Å². The van der Waals surface area contributed by atoms with E-state index in [0.717, 1.165) is 33.9 Å². The lowest BCUT2D eigenvalue weighted by Gasteiger charge is -2.09. The highest BCUT2D eigenvalue weighted by Gasteiger charge is 2.11. The van der Waals surface area contributed by atoms with E-state index in [4.69, 9.17) is 0 Å². The van der Waals surface area contributed by atoms with E-state index in [0.29, 0.717) is 5.82 Å². The molecule has 2 aromatic heterocycles.